The summed E-state index contributed by atoms with van der Waals surface area (Å²) in [5, 5.41) is 3.30. The number of hydrogen-bond acceptors (Lipinski definition) is 11. The van der Waals surface area contributed by atoms with Crippen LogP contribution in [0.4, 0.5) is 34.5 Å². The van der Waals surface area contributed by atoms with E-state index in [0.717, 1.165) is 48.7 Å². The number of nitrogen functional groups attached to an aromatic ring is 1. The lowest BCUT2D eigenvalue weighted by atomic mass is 10.0. The smallest absolute Gasteiger partial charge is 0.343 e. The van der Waals surface area contributed by atoms with Gasteiger partial charge in [-0.2, -0.15) is 4.98 Å². The highest BCUT2D eigenvalue weighted by Gasteiger charge is 2.54. The normalized spacial score (nSPS) is 18.7. The summed E-state index contributed by atoms with van der Waals surface area (Å²) >= 11 is 0. The van der Waals surface area contributed by atoms with Crippen LogP contribution < -0.4 is 25.6 Å². The van der Waals surface area contributed by atoms with Crippen LogP contribution in [0.1, 0.15) is 61.3 Å². The van der Waals surface area contributed by atoms with Crippen molar-refractivity contribution in [1.82, 2.24) is 19.9 Å². The fourth-order valence-electron chi connectivity index (χ4n) is 6.34. The van der Waals surface area contributed by atoms with E-state index in [2.05, 4.69) is 45.2 Å². The number of pyridine rings is 1. The number of aryl methyl sites for hydroxylation is 1. The minimum absolute atomic E-state index is 0.00799. The molecule has 0 radical (unpaired) electrons. The Morgan fingerprint density at radius 1 is 1.26 bits per heavy atom. The molecule has 1 aliphatic carbocycles. The molecule has 0 unspecified atom stereocenters. The molecule has 1 spiro atoms. The number of methoxy groups -OCH3 is 1. The molecule has 1 saturated heterocycles. The molecule has 228 valence electrons. The molecule has 2 fully saturated rings. The first-order valence-corrected chi connectivity index (χ1v) is 15.1. The molecular formula is C32H42N8O3. The van der Waals surface area contributed by atoms with Gasteiger partial charge < -0.3 is 35.2 Å². The van der Waals surface area contributed by atoms with Crippen LogP contribution >= 0.6 is 0 Å². The standard InChI is InChI=1S/C32H42N8O3/c1-19(2)43-30(41)22-16-34-31(37-29(22)40-18-32(11-12-32)28-25(40)10-9-20(3)35-28)36-24-14-23(33)26(15-27(24)42-6)39(5)17-21-8-7-13-38(21)4/h9-10,14-16,19,21H,7-8,11-13,17-18,33H2,1-6H3,(H,34,36,37)/t21-/m0/s1. The molecule has 6 rings (SSSR count). The van der Waals surface area contributed by atoms with Gasteiger partial charge in [0.25, 0.3) is 0 Å². The van der Waals surface area contributed by atoms with Crippen molar-refractivity contribution < 1.29 is 14.3 Å². The zero-order chi connectivity index (χ0) is 30.5. The number of ether oxygens (including phenoxy) is 2. The Morgan fingerprint density at radius 3 is 2.72 bits per heavy atom. The predicted molar refractivity (Wildman–Crippen MR) is 169 cm³/mol. The summed E-state index contributed by atoms with van der Waals surface area (Å²) in [5.74, 6) is 0.966. The summed E-state index contributed by atoms with van der Waals surface area (Å²) < 4.78 is 11.4. The summed E-state index contributed by atoms with van der Waals surface area (Å²) in [6.07, 6.45) is 5.76. The fraction of sp³-hybridized carbons (Fsp3) is 0.500. The van der Waals surface area contributed by atoms with Crippen LogP contribution in [0.3, 0.4) is 0 Å². The SMILES string of the molecule is COc1cc(N(C)C[C@@H]2CCCN2C)c(N)cc1Nc1ncc(C(=O)OC(C)C)c(N2CC3(CC3)c3nc(C)ccc32)n1. The van der Waals surface area contributed by atoms with Gasteiger partial charge in [-0.05, 0) is 78.2 Å². The lowest BCUT2D eigenvalue weighted by molar-refractivity contribution is 0.0378. The number of carbonyl (C=O) groups excluding carboxylic acids is 1. The van der Waals surface area contributed by atoms with Gasteiger partial charge >= 0.3 is 5.97 Å². The average Bonchev–Trinajstić information content (AvgIpc) is 3.54. The van der Waals surface area contributed by atoms with Gasteiger partial charge in [-0.25, -0.2) is 9.78 Å². The Morgan fingerprint density at radius 2 is 2.05 bits per heavy atom. The highest BCUT2D eigenvalue weighted by Crippen LogP contribution is 2.57. The van der Waals surface area contributed by atoms with E-state index in [1.165, 1.54) is 19.0 Å². The van der Waals surface area contributed by atoms with Crippen LogP contribution in [0.15, 0.2) is 30.5 Å². The quantitative estimate of drug-likeness (QED) is 0.266. The van der Waals surface area contributed by atoms with Gasteiger partial charge in [-0.15, -0.1) is 0 Å². The second-order valence-electron chi connectivity index (χ2n) is 12.5. The Labute approximate surface area is 253 Å². The number of anilines is 6. The van der Waals surface area contributed by atoms with Crippen molar-refractivity contribution in [2.24, 2.45) is 0 Å². The van der Waals surface area contributed by atoms with Crippen molar-refractivity contribution in [3.8, 4) is 5.75 Å². The second kappa shape index (κ2) is 11.2. The van der Waals surface area contributed by atoms with Gasteiger partial charge in [0.2, 0.25) is 5.95 Å². The molecule has 11 nitrogen and oxygen atoms in total. The number of likely N-dealkylation sites (N-methyl/N-ethyl adjacent to an activating group) is 2. The van der Waals surface area contributed by atoms with Gasteiger partial charge in [-0.3, -0.25) is 4.98 Å². The van der Waals surface area contributed by atoms with E-state index >= 15 is 0 Å². The third-order valence-corrected chi connectivity index (χ3v) is 8.87. The van der Waals surface area contributed by atoms with Gasteiger partial charge in [0.05, 0.1) is 41.7 Å². The van der Waals surface area contributed by atoms with Crippen LogP contribution in [0.2, 0.25) is 0 Å². The van der Waals surface area contributed by atoms with Gasteiger partial charge in [0.15, 0.2) is 5.82 Å². The number of nitrogens with zero attached hydrogens (tertiary/aromatic N) is 6. The molecule has 2 aromatic heterocycles. The van der Waals surface area contributed by atoms with Crippen LogP contribution in [0, 0.1) is 6.92 Å². The number of nitrogens with two attached hydrogens (primary N) is 1. The van der Waals surface area contributed by atoms with Crippen LogP contribution in [0.25, 0.3) is 0 Å². The van der Waals surface area contributed by atoms with Gasteiger partial charge in [0.1, 0.15) is 11.3 Å². The second-order valence-corrected chi connectivity index (χ2v) is 12.5. The molecule has 0 amide bonds. The first kappa shape index (κ1) is 29.0. The molecule has 0 bridgehead atoms. The zero-order valence-corrected chi connectivity index (χ0v) is 26.0. The summed E-state index contributed by atoms with van der Waals surface area (Å²) in [5.41, 5.74) is 12.1. The summed E-state index contributed by atoms with van der Waals surface area (Å²) in [6.45, 7) is 8.36. The first-order valence-electron chi connectivity index (χ1n) is 15.1. The highest BCUT2D eigenvalue weighted by molar-refractivity contribution is 5.96. The van der Waals surface area contributed by atoms with E-state index in [1.54, 1.807) is 7.11 Å². The topological polar surface area (TPSA) is 122 Å². The van der Waals surface area contributed by atoms with Crippen molar-refractivity contribution in [3.63, 3.8) is 0 Å². The van der Waals surface area contributed by atoms with E-state index in [9.17, 15) is 4.79 Å². The zero-order valence-electron chi connectivity index (χ0n) is 26.0. The van der Waals surface area contributed by atoms with E-state index in [4.69, 9.17) is 25.2 Å². The Kier molecular flexibility index (Phi) is 7.53. The van der Waals surface area contributed by atoms with Crippen molar-refractivity contribution >= 4 is 40.5 Å². The number of rotatable bonds is 9. The van der Waals surface area contributed by atoms with E-state index in [1.807, 2.05) is 39.0 Å². The summed E-state index contributed by atoms with van der Waals surface area (Å²) in [7, 11) is 5.87. The van der Waals surface area contributed by atoms with Crippen molar-refractivity contribution in [3.05, 3.63) is 47.4 Å². The third-order valence-electron chi connectivity index (χ3n) is 8.87. The number of likely N-dealkylation sites (tertiary alicyclic amines) is 1. The maximum absolute atomic E-state index is 13.2. The van der Waals surface area contributed by atoms with Crippen molar-refractivity contribution in [2.75, 3.05) is 61.7 Å². The van der Waals surface area contributed by atoms with E-state index in [0.29, 0.717) is 47.0 Å². The number of aromatic nitrogens is 3. The molecule has 1 atom stereocenters. The molecule has 43 heavy (non-hydrogen) atoms. The van der Waals surface area contributed by atoms with E-state index < -0.39 is 5.97 Å². The number of fused-ring (bicyclic) bond motifs is 2. The molecule has 3 N–H and O–H groups in total. The molecule has 4 heterocycles. The van der Waals surface area contributed by atoms with Crippen molar-refractivity contribution in [2.45, 2.75) is 64.0 Å². The fourth-order valence-corrected chi connectivity index (χ4v) is 6.34. The van der Waals surface area contributed by atoms with E-state index in [-0.39, 0.29) is 11.5 Å². The Bertz CT molecular complexity index is 1540. The third kappa shape index (κ3) is 5.53. The molecule has 1 saturated carbocycles. The molecule has 3 aromatic rings. The number of hydrogen-bond donors (Lipinski definition) is 2. The van der Waals surface area contributed by atoms with Crippen LogP contribution in [-0.4, -0.2) is 78.8 Å². The van der Waals surface area contributed by atoms with Crippen LogP contribution in [0.5, 0.6) is 5.75 Å². The monoisotopic (exact) mass is 586 g/mol. The lowest BCUT2D eigenvalue weighted by Crippen LogP contribution is -2.36. The number of benzene rings is 1. The molecule has 3 aliphatic rings. The molecule has 1 aromatic carbocycles. The maximum Gasteiger partial charge on any atom is 0.343 e. The highest BCUT2D eigenvalue weighted by atomic mass is 16.5. The van der Waals surface area contributed by atoms with Crippen molar-refractivity contribution in [1.29, 1.82) is 0 Å². The Hall–Kier alpha value is -4.12. The van der Waals surface area contributed by atoms with Gasteiger partial charge in [0, 0.05) is 49.6 Å². The minimum atomic E-state index is -0.461. The first-order chi connectivity index (χ1) is 20.6. The average molecular weight is 587 g/mol. The van der Waals surface area contributed by atoms with Gasteiger partial charge in [-0.1, -0.05) is 0 Å². The number of esters is 1. The predicted octanol–water partition coefficient (Wildman–Crippen LogP) is 4.79. The van der Waals surface area contributed by atoms with Crippen LogP contribution in [-0.2, 0) is 10.2 Å². The summed E-state index contributed by atoms with van der Waals surface area (Å²) in [6, 6.07) is 8.36. The number of carbonyl (C=O) groups is 1. The number of nitrogens with one attached hydrogen (secondary N) is 1. The molecular weight excluding hydrogens is 544 g/mol. The molecule has 11 heteroatoms. The lowest BCUT2D eigenvalue weighted by Gasteiger charge is -2.29. The minimum Gasteiger partial charge on any atom is -0.494 e. The maximum atomic E-state index is 13.2. The molecule has 2 aliphatic heterocycles. The Balaban J connectivity index is 1.33. The summed E-state index contributed by atoms with van der Waals surface area (Å²) in [4.78, 5) is 34.2. The largest absolute Gasteiger partial charge is 0.494 e.